The van der Waals surface area contributed by atoms with Crippen LogP contribution in [0.5, 0.6) is 0 Å². The topological polar surface area (TPSA) is 110 Å². The van der Waals surface area contributed by atoms with E-state index in [1.54, 1.807) is 0 Å². The smallest absolute Gasteiger partial charge is 0.298 e. The molecular formula is H2N2O5S. The average molecular weight is 142 g/mol. The molecule has 8 heteroatoms. The number of hydrogen-bond acceptors (Lipinski definition) is 5. The van der Waals surface area contributed by atoms with Gasteiger partial charge in [-0.1, -0.05) is 0 Å². The molecule has 0 unspecified atom stereocenters. The molecule has 0 aromatic carbocycles. The molecule has 0 rings (SSSR count). The lowest BCUT2D eigenvalue weighted by Gasteiger charge is -1.85. The van der Waals surface area contributed by atoms with E-state index >= 15 is 0 Å². The maximum absolute atomic E-state index is 9.64. The van der Waals surface area contributed by atoms with E-state index in [9.17, 15) is 18.5 Å². The quantitative estimate of drug-likeness (QED) is 0.359. The molecule has 0 saturated heterocycles. The van der Waals surface area contributed by atoms with Gasteiger partial charge in [0.25, 0.3) is 0 Å². The lowest BCUT2D eigenvalue weighted by molar-refractivity contribution is -0.310. The van der Waals surface area contributed by atoms with Gasteiger partial charge in [-0.2, -0.15) is 0 Å². The van der Waals surface area contributed by atoms with Crippen LogP contribution in [-0.4, -0.2) is 18.0 Å². The Morgan fingerprint density at radius 3 is 2.00 bits per heavy atom. The van der Waals surface area contributed by atoms with Crippen LogP contribution in [0.2, 0.25) is 0 Å². The molecule has 8 heavy (non-hydrogen) atoms. The van der Waals surface area contributed by atoms with Crippen LogP contribution in [0.1, 0.15) is 0 Å². The van der Waals surface area contributed by atoms with Crippen LogP contribution in [0.3, 0.4) is 0 Å². The first-order valence-electron chi connectivity index (χ1n) is 1.31. The summed E-state index contributed by atoms with van der Waals surface area (Å²) in [6.07, 6.45) is 0. The van der Waals surface area contributed by atoms with Crippen LogP contribution in [0, 0.1) is 10.1 Å². The van der Waals surface area contributed by atoms with E-state index in [2.05, 4.69) is 0 Å². The standard InChI is InChI=1S/H2N2O5S/c3-1-8(6,7)2(4)5/h1,3H. The molecule has 0 aliphatic carbocycles. The van der Waals surface area contributed by atoms with Crippen LogP contribution >= 0.6 is 0 Å². The Balaban J connectivity index is 4.42. The highest BCUT2D eigenvalue weighted by atomic mass is 32.2. The van der Waals surface area contributed by atoms with Gasteiger partial charge in [-0.15, -0.1) is 8.42 Å². The number of nitrogens with zero attached hydrogens (tertiary/aromatic N) is 1. The maximum atomic E-state index is 9.64. The fourth-order valence-corrected chi connectivity index (χ4v) is 0.100. The zero-order valence-electron chi connectivity index (χ0n) is 3.44. The molecule has 0 atom stereocenters. The molecule has 2 N–H and O–H groups in total. The molecule has 7 nitrogen and oxygen atoms in total. The van der Waals surface area contributed by atoms with Crippen molar-refractivity contribution in [2.45, 2.75) is 0 Å². The minimum atomic E-state index is -4.71. The molecule has 0 bridgehead atoms. The lowest BCUT2D eigenvalue weighted by Crippen LogP contribution is -2.26. The predicted octanol–water partition coefficient (Wildman–Crippen LogP) is -1.51. The summed E-state index contributed by atoms with van der Waals surface area (Å²) in [5.41, 5.74) is 0. The minimum Gasteiger partial charge on any atom is -0.298 e. The first kappa shape index (κ1) is 7.27. The molecule has 0 fully saturated rings. The van der Waals surface area contributed by atoms with E-state index in [0.29, 0.717) is 4.89 Å². The molecule has 0 heterocycles. The molecule has 0 aliphatic rings. The Bertz CT molecular complexity index is 177. The van der Waals surface area contributed by atoms with Crippen LogP contribution in [0.4, 0.5) is 0 Å². The van der Waals surface area contributed by atoms with Gasteiger partial charge in [0.2, 0.25) is 0 Å². The van der Waals surface area contributed by atoms with Crippen molar-refractivity contribution < 1.29 is 18.0 Å². The number of nitrogens with one attached hydrogen (secondary N) is 1. The summed E-state index contributed by atoms with van der Waals surface area (Å²) in [6, 6.07) is 0. The van der Waals surface area contributed by atoms with Crippen molar-refractivity contribution >= 4 is 10.2 Å². The van der Waals surface area contributed by atoms with Gasteiger partial charge in [-0.25, -0.2) is 10.1 Å². The summed E-state index contributed by atoms with van der Waals surface area (Å²) in [5.74, 6) is 0. The summed E-state index contributed by atoms with van der Waals surface area (Å²) >= 11 is 0. The maximum Gasteiger partial charge on any atom is 0.518 e. The third-order valence-electron chi connectivity index (χ3n) is 0.312. The molecule has 0 aliphatic heterocycles. The Hall–Kier alpha value is -0.730. The van der Waals surface area contributed by atoms with Crippen molar-refractivity contribution in [1.29, 1.82) is 0 Å². The monoisotopic (exact) mass is 142 g/mol. The van der Waals surface area contributed by atoms with Crippen LogP contribution < -0.4 is 4.89 Å². The first-order chi connectivity index (χ1) is 3.50. The van der Waals surface area contributed by atoms with Gasteiger partial charge in [-0.3, -0.25) is 5.21 Å². The minimum absolute atomic E-state index is 0.514. The van der Waals surface area contributed by atoms with Gasteiger partial charge in [0.15, 0.2) is 4.33 Å². The van der Waals surface area contributed by atoms with Gasteiger partial charge in [-0.05, 0) is 4.89 Å². The largest absolute Gasteiger partial charge is 0.518 e. The van der Waals surface area contributed by atoms with Crippen LogP contribution in [0.25, 0.3) is 0 Å². The van der Waals surface area contributed by atoms with Crippen LogP contribution in [0.15, 0.2) is 0 Å². The van der Waals surface area contributed by atoms with E-state index in [0.717, 1.165) is 0 Å². The second-order valence-corrected chi connectivity index (χ2v) is 2.22. The summed E-state index contributed by atoms with van der Waals surface area (Å²) in [6.45, 7) is 0. The average Bonchev–Trinajstić information content (AvgIpc) is 1.67. The molecule has 48 valence electrons. The Morgan fingerprint density at radius 1 is 1.62 bits per heavy atom. The summed E-state index contributed by atoms with van der Waals surface area (Å²) in [7, 11) is -4.71. The fraction of sp³-hybridized carbons (Fsp3) is 0. The lowest BCUT2D eigenvalue weighted by atomic mass is 13.4. The van der Waals surface area contributed by atoms with Crippen molar-refractivity contribution in [3.63, 3.8) is 0 Å². The van der Waals surface area contributed by atoms with Crippen molar-refractivity contribution in [3.05, 3.63) is 10.1 Å². The van der Waals surface area contributed by atoms with Gasteiger partial charge in [0.05, 0.1) is 0 Å². The third kappa shape index (κ3) is 1.40. The predicted molar refractivity (Wildman–Crippen MR) is 20.8 cm³/mol. The van der Waals surface area contributed by atoms with Gasteiger partial charge in [0, 0.05) is 0 Å². The van der Waals surface area contributed by atoms with E-state index in [1.807, 2.05) is 0 Å². The van der Waals surface area contributed by atoms with Crippen molar-refractivity contribution in [2.24, 2.45) is 0 Å². The zero-order valence-corrected chi connectivity index (χ0v) is 4.25. The molecule has 0 amide bonds. The third-order valence-corrected chi connectivity index (χ3v) is 0.935. The molecule has 0 aromatic rings. The highest BCUT2D eigenvalue weighted by Gasteiger charge is 2.20. The van der Waals surface area contributed by atoms with Crippen molar-refractivity contribution in [3.8, 4) is 0 Å². The highest BCUT2D eigenvalue weighted by Crippen LogP contribution is 1.78. The number of hydrogen-bond donors (Lipinski definition) is 2. The fourth-order valence-electron chi connectivity index (χ4n) is 0.0333. The zero-order chi connectivity index (χ0) is 6.78. The molecule has 0 radical (unpaired) electrons. The second-order valence-electron chi connectivity index (χ2n) is 0.790. The molecule has 0 spiro atoms. The molecule has 0 aromatic heterocycles. The Kier molecular flexibility index (Phi) is 1.84. The van der Waals surface area contributed by atoms with Crippen molar-refractivity contribution in [2.75, 3.05) is 0 Å². The molecule has 0 saturated carbocycles. The van der Waals surface area contributed by atoms with E-state index in [1.165, 1.54) is 0 Å². The summed E-state index contributed by atoms with van der Waals surface area (Å²) in [4.78, 5) is 9.76. The highest BCUT2D eigenvalue weighted by molar-refractivity contribution is 7.83. The number of rotatable bonds is 2. The van der Waals surface area contributed by atoms with Gasteiger partial charge < -0.3 is 0 Å². The SMILES string of the molecule is O=[N+]([O-])S(=O)(=O)NO. The summed E-state index contributed by atoms with van der Waals surface area (Å²) < 4.78 is 17.6. The van der Waals surface area contributed by atoms with E-state index in [-0.39, 0.29) is 0 Å². The normalized spacial score (nSPS) is 11.1. The molecular weight excluding hydrogens is 140 g/mol. The van der Waals surface area contributed by atoms with Gasteiger partial charge >= 0.3 is 10.2 Å². The van der Waals surface area contributed by atoms with Gasteiger partial charge in [0.1, 0.15) is 0 Å². The second kappa shape index (κ2) is 2.03. The van der Waals surface area contributed by atoms with Crippen LogP contribution in [-0.2, 0) is 10.2 Å². The van der Waals surface area contributed by atoms with Crippen molar-refractivity contribution in [1.82, 2.24) is 4.89 Å². The first-order valence-corrected chi connectivity index (χ1v) is 2.75. The van der Waals surface area contributed by atoms with E-state index < -0.39 is 14.5 Å². The number of nitro groups is 1. The Labute approximate surface area is 44.2 Å². The Morgan fingerprint density at radius 2 is 2.00 bits per heavy atom. The van der Waals surface area contributed by atoms with E-state index in [4.69, 9.17) is 5.21 Å². The summed E-state index contributed by atoms with van der Waals surface area (Å²) in [5, 5.41) is 16.7.